The molecule has 0 aromatic heterocycles. The lowest BCUT2D eigenvalue weighted by atomic mass is 10.2. The summed E-state index contributed by atoms with van der Waals surface area (Å²) in [6.07, 6.45) is 6.24. The first-order chi connectivity index (χ1) is 10.3. The molecule has 21 heavy (non-hydrogen) atoms. The minimum Gasteiger partial charge on any atom is -0.342 e. The fourth-order valence-corrected chi connectivity index (χ4v) is 3.85. The van der Waals surface area contributed by atoms with Gasteiger partial charge in [0.05, 0.1) is 6.54 Å². The molecule has 0 bridgehead atoms. The summed E-state index contributed by atoms with van der Waals surface area (Å²) < 4.78 is 0. The standard InChI is InChI=1S/C16H30N4O/c21-16(20-7-3-1-2-4-8-20)14-18-9-11-19(12-10-18)15-5-6-17-13-15/h15,17H,1-14H2. The number of piperazine rings is 1. The van der Waals surface area contributed by atoms with Crippen LogP contribution >= 0.6 is 0 Å². The van der Waals surface area contributed by atoms with E-state index < -0.39 is 0 Å². The van der Waals surface area contributed by atoms with E-state index in [9.17, 15) is 4.79 Å². The van der Waals surface area contributed by atoms with E-state index in [1.165, 1.54) is 38.6 Å². The maximum Gasteiger partial charge on any atom is 0.236 e. The Bertz CT molecular complexity index is 327. The summed E-state index contributed by atoms with van der Waals surface area (Å²) in [6.45, 7) is 9.26. The van der Waals surface area contributed by atoms with Crippen LogP contribution in [0.2, 0.25) is 0 Å². The molecule has 0 aliphatic carbocycles. The fraction of sp³-hybridized carbons (Fsp3) is 0.938. The number of hydrogen-bond acceptors (Lipinski definition) is 4. The van der Waals surface area contributed by atoms with Gasteiger partial charge in [-0.05, 0) is 25.8 Å². The summed E-state index contributed by atoms with van der Waals surface area (Å²) in [5, 5.41) is 3.45. The van der Waals surface area contributed by atoms with Crippen LogP contribution in [0.15, 0.2) is 0 Å². The summed E-state index contributed by atoms with van der Waals surface area (Å²) in [5.74, 6) is 0.355. The van der Waals surface area contributed by atoms with Crippen molar-refractivity contribution in [1.29, 1.82) is 0 Å². The number of hydrogen-bond donors (Lipinski definition) is 1. The minimum absolute atomic E-state index is 0.355. The fourth-order valence-electron chi connectivity index (χ4n) is 3.85. The smallest absolute Gasteiger partial charge is 0.236 e. The van der Waals surface area contributed by atoms with Gasteiger partial charge < -0.3 is 10.2 Å². The molecule has 3 aliphatic heterocycles. The van der Waals surface area contributed by atoms with Crippen LogP contribution in [0, 0.1) is 0 Å². The van der Waals surface area contributed by atoms with Crippen molar-refractivity contribution in [1.82, 2.24) is 20.0 Å². The third-order valence-electron chi connectivity index (χ3n) is 5.28. The van der Waals surface area contributed by atoms with Gasteiger partial charge in [0.15, 0.2) is 0 Å². The number of carbonyl (C=O) groups excluding carboxylic acids is 1. The molecular weight excluding hydrogens is 264 g/mol. The lowest BCUT2D eigenvalue weighted by Gasteiger charge is -2.38. The second kappa shape index (κ2) is 7.56. The molecule has 3 heterocycles. The van der Waals surface area contributed by atoms with Gasteiger partial charge in [-0.1, -0.05) is 12.8 Å². The number of carbonyl (C=O) groups is 1. The Morgan fingerprint density at radius 3 is 2.29 bits per heavy atom. The average molecular weight is 294 g/mol. The Morgan fingerprint density at radius 2 is 1.67 bits per heavy atom. The third-order valence-corrected chi connectivity index (χ3v) is 5.28. The van der Waals surface area contributed by atoms with Crippen LogP contribution in [0.4, 0.5) is 0 Å². The lowest BCUT2D eigenvalue weighted by Crippen LogP contribution is -2.53. The van der Waals surface area contributed by atoms with Crippen molar-refractivity contribution < 1.29 is 4.79 Å². The van der Waals surface area contributed by atoms with Crippen molar-refractivity contribution >= 4 is 5.91 Å². The second-order valence-electron chi connectivity index (χ2n) is 6.75. The highest BCUT2D eigenvalue weighted by molar-refractivity contribution is 5.78. The maximum absolute atomic E-state index is 12.4. The molecule has 1 atom stereocenters. The lowest BCUT2D eigenvalue weighted by molar-refractivity contribution is -0.132. The van der Waals surface area contributed by atoms with E-state index in [4.69, 9.17) is 0 Å². The van der Waals surface area contributed by atoms with Gasteiger partial charge >= 0.3 is 0 Å². The van der Waals surface area contributed by atoms with E-state index in [0.717, 1.165) is 51.9 Å². The van der Waals surface area contributed by atoms with Gasteiger partial charge in [-0.2, -0.15) is 0 Å². The van der Waals surface area contributed by atoms with Crippen LogP contribution in [-0.2, 0) is 4.79 Å². The van der Waals surface area contributed by atoms with Crippen LogP contribution < -0.4 is 5.32 Å². The van der Waals surface area contributed by atoms with Crippen LogP contribution in [0.1, 0.15) is 32.1 Å². The second-order valence-corrected chi connectivity index (χ2v) is 6.75. The van der Waals surface area contributed by atoms with Crippen molar-refractivity contribution in [3.05, 3.63) is 0 Å². The molecule has 3 saturated heterocycles. The predicted molar refractivity (Wildman–Crippen MR) is 84.3 cm³/mol. The summed E-state index contributed by atoms with van der Waals surface area (Å²) in [5.41, 5.74) is 0. The van der Waals surface area contributed by atoms with Crippen LogP contribution in [-0.4, -0.2) is 85.6 Å². The Hall–Kier alpha value is -0.650. The van der Waals surface area contributed by atoms with Crippen molar-refractivity contribution in [2.75, 3.05) is 58.9 Å². The van der Waals surface area contributed by atoms with Gasteiger partial charge in [-0.25, -0.2) is 0 Å². The van der Waals surface area contributed by atoms with Crippen LogP contribution in [0.3, 0.4) is 0 Å². The topological polar surface area (TPSA) is 38.8 Å². The van der Waals surface area contributed by atoms with E-state index in [1.54, 1.807) is 0 Å². The zero-order valence-corrected chi connectivity index (χ0v) is 13.2. The largest absolute Gasteiger partial charge is 0.342 e. The minimum atomic E-state index is 0.355. The summed E-state index contributed by atoms with van der Waals surface area (Å²) in [7, 11) is 0. The highest BCUT2D eigenvalue weighted by Gasteiger charge is 2.27. The molecule has 3 aliphatic rings. The molecule has 0 spiro atoms. The SMILES string of the molecule is O=C(CN1CCN(C2CCNC2)CC1)N1CCCCCC1. The van der Waals surface area contributed by atoms with E-state index in [-0.39, 0.29) is 0 Å². The predicted octanol–water partition coefficient (Wildman–Crippen LogP) is 0.369. The Labute approximate surface area is 128 Å². The van der Waals surface area contributed by atoms with Gasteiger partial charge in [0, 0.05) is 51.9 Å². The average Bonchev–Trinajstić information content (AvgIpc) is 2.90. The number of nitrogens with zero attached hydrogens (tertiary/aromatic N) is 3. The van der Waals surface area contributed by atoms with E-state index >= 15 is 0 Å². The summed E-state index contributed by atoms with van der Waals surface area (Å²) >= 11 is 0. The molecule has 120 valence electrons. The van der Waals surface area contributed by atoms with Crippen molar-refractivity contribution in [2.24, 2.45) is 0 Å². The maximum atomic E-state index is 12.4. The van der Waals surface area contributed by atoms with Crippen molar-refractivity contribution in [3.63, 3.8) is 0 Å². The van der Waals surface area contributed by atoms with Gasteiger partial charge in [0.1, 0.15) is 0 Å². The molecular formula is C16H30N4O. The molecule has 3 fully saturated rings. The summed E-state index contributed by atoms with van der Waals surface area (Å²) in [4.78, 5) is 19.5. The van der Waals surface area contributed by atoms with Crippen molar-refractivity contribution in [3.8, 4) is 0 Å². The molecule has 0 radical (unpaired) electrons. The number of amides is 1. The van der Waals surface area contributed by atoms with Gasteiger partial charge in [0.25, 0.3) is 0 Å². The molecule has 0 aromatic carbocycles. The van der Waals surface area contributed by atoms with E-state index in [0.29, 0.717) is 12.5 Å². The van der Waals surface area contributed by atoms with Crippen LogP contribution in [0.25, 0.3) is 0 Å². The Kier molecular flexibility index (Phi) is 5.49. The van der Waals surface area contributed by atoms with Gasteiger partial charge in [-0.3, -0.25) is 14.6 Å². The molecule has 1 amide bonds. The van der Waals surface area contributed by atoms with E-state index in [1.807, 2.05) is 0 Å². The molecule has 5 heteroatoms. The van der Waals surface area contributed by atoms with E-state index in [2.05, 4.69) is 20.0 Å². The van der Waals surface area contributed by atoms with Gasteiger partial charge in [-0.15, -0.1) is 0 Å². The Balaban J connectivity index is 1.40. The van der Waals surface area contributed by atoms with Gasteiger partial charge in [0.2, 0.25) is 5.91 Å². The third kappa shape index (κ3) is 4.18. The summed E-state index contributed by atoms with van der Waals surface area (Å²) in [6, 6.07) is 0.730. The van der Waals surface area contributed by atoms with Crippen molar-refractivity contribution in [2.45, 2.75) is 38.1 Å². The molecule has 1 N–H and O–H groups in total. The molecule has 0 aromatic rings. The molecule has 0 saturated carbocycles. The number of rotatable bonds is 3. The number of nitrogens with one attached hydrogen (secondary N) is 1. The molecule has 1 unspecified atom stereocenters. The normalized spacial score (nSPS) is 29.5. The quantitative estimate of drug-likeness (QED) is 0.816. The highest BCUT2D eigenvalue weighted by atomic mass is 16.2. The molecule has 5 nitrogen and oxygen atoms in total. The first-order valence-corrected chi connectivity index (χ1v) is 8.78. The van der Waals surface area contributed by atoms with Crippen LogP contribution in [0.5, 0.6) is 0 Å². The number of likely N-dealkylation sites (tertiary alicyclic amines) is 1. The first-order valence-electron chi connectivity index (χ1n) is 8.78. The zero-order chi connectivity index (χ0) is 14.5. The molecule has 3 rings (SSSR count). The zero-order valence-electron chi connectivity index (χ0n) is 13.2. The monoisotopic (exact) mass is 294 g/mol. The highest BCUT2D eigenvalue weighted by Crippen LogP contribution is 2.13. The Morgan fingerprint density at radius 1 is 0.952 bits per heavy atom. The first kappa shape index (κ1) is 15.3.